The van der Waals surface area contributed by atoms with Gasteiger partial charge >= 0.3 is 0 Å². The van der Waals surface area contributed by atoms with E-state index in [0.717, 1.165) is 12.3 Å². The van der Waals surface area contributed by atoms with Gasteiger partial charge in [0.2, 0.25) is 5.95 Å². The third kappa shape index (κ3) is 0.765. The second-order valence-corrected chi connectivity index (χ2v) is 1.08. The maximum Gasteiger partial charge on any atom is 0.232 e. The van der Waals surface area contributed by atoms with Crippen LogP contribution in [0.25, 0.3) is 0 Å². The summed E-state index contributed by atoms with van der Waals surface area (Å²) in [5.74, 6) is -0.781. The minimum atomic E-state index is -2.37. The van der Waals surface area contributed by atoms with Gasteiger partial charge in [0.05, 0.1) is 0 Å². The summed E-state index contributed by atoms with van der Waals surface area (Å²) in [4.78, 5) is 0. The van der Waals surface area contributed by atoms with Crippen LogP contribution >= 0.6 is 0 Å². The zero-order valence-corrected chi connectivity index (χ0v) is 3.43. The lowest BCUT2D eigenvalue weighted by molar-refractivity contribution is 0.553. The molecule has 0 aliphatic heterocycles. The predicted octanol–water partition coefficient (Wildman–Crippen LogP) is 0.559. The Bertz CT molecular complexity index is 229. The first-order valence-corrected chi connectivity index (χ1v) is 1.72. The fourth-order valence-electron chi connectivity index (χ4n) is 0.302. The zero-order chi connectivity index (χ0) is 7.78. The Morgan fingerprint density at radius 3 is 3.29 bits per heavy atom. The van der Waals surface area contributed by atoms with E-state index in [4.69, 9.17) is 4.11 Å². The second kappa shape index (κ2) is 1.33. The quantitative estimate of drug-likeness (QED) is 0.469. The van der Waals surface area contributed by atoms with Gasteiger partial charge in [-0.2, -0.15) is 4.39 Å². The first kappa shape index (κ1) is 1.94. The Morgan fingerprint density at radius 1 is 2.14 bits per heavy atom. The number of aryl methyl sites for hydroxylation is 1. The molecule has 0 amide bonds. The molecule has 1 rings (SSSR count). The molecule has 3 heteroatoms. The topological polar surface area (TPSA) is 17.8 Å². The lowest BCUT2D eigenvalue weighted by Crippen LogP contribution is -1.86. The molecule has 38 valence electrons. The van der Waals surface area contributed by atoms with E-state index >= 15 is 0 Å². The maximum absolute atomic E-state index is 12.1. The fourth-order valence-corrected chi connectivity index (χ4v) is 0.302. The van der Waals surface area contributed by atoms with E-state index in [1.807, 2.05) is 0 Å². The molecule has 0 radical (unpaired) electrons. The Balaban J connectivity index is 2.96. The van der Waals surface area contributed by atoms with Crippen LogP contribution < -0.4 is 0 Å². The van der Waals surface area contributed by atoms with Crippen LogP contribution in [0.15, 0.2) is 12.3 Å². The predicted molar refractivity (Wildman–Crippen MR) is 23.2 cm³/mol. The molecule has 0 atom stereocenters. The van der Waals surface area contributed by atoms with Crippen molar-refractivity contribution in [3.05, 3.63) is 18.2 Å². The highest BCUT2D eigenvalue weighted by Crippen LogP contribution is 1.86. The Morgan fingerprint density at radius 2 is 3.00 bits per heavy atom. The third-order valence-electron chi connectivity index (χ3n) is 0.557. The monoisotopic (exact) mass is 103 g/mol. The lowest BCUT2D eigenvalue weighted by atomic mass is 10.7. The van der Waals surface area contributed by atoms with E-state index in [9.17, 15) is 4.39 Å². The largest absolute Gasteiger partial charge is 0.273 e. The van der Waals surface area contributed by atoms with Gasteiger partial charge in [-0.3, -0.25) is 4.68 Å². The molecule has 0 aliphatic rings. The summed E-state index contributed by atoms with van der Waals surface area (Å²) in [5.41, 5.74) is 0. The Kier molecular flexibility index (Phi) is 0.369. The molecule has 0 fully saturated rings. The second-order valence-electron chi connectivity index (χ2n) is 1.08. The van der Waals surface area contributed by atoms with Crippen LogP contribution in [0, 0.1) is 5.95 Å². The van der Waals surface area contributed by atoms with Gasteiger partial charge in [0.25, 0.3) is 0 Å². The van der Waals surface area contributed by atoms with Crippen molar-refractivity contribution in [3.8, 4) is 0 Å². The maximum atomic E-state index is 12.1. The van der Waals surface area contributed by atoms with Crippen molar-refractivity contribution in [3.63, 3.8) is 0 Å². The van der Waals surface area contributed by atoms with Crippen LogP contribution in [0.3, 0.4) is 0 Å². The summed E-state index contributed by atoms with van der Waals surface area (Å²) in [6.45, 7) is -2.37. The average Bonchev–Trinajstić information content (AvgIpc) is 2.11. The molecule has 1 heterocycles. The summed E-state index contributed by atoms with van der Waals surface area (Å²) >= 11 is 0. The summed E-state index contributed by atoms with van der Waals surface area (Å²) < 4.78 is 32.9. The van der Waals surface area contributed by atoms with Gasteiger partial charge in [-0.25, -0.2) is 0 Å². The molecule has 1 aromatic heterocycles. The minimum absolute atomic E-state index is 0.600. The number of rotatable bonds is 0. The summed E-state index contributed by atoms with van der Waals surface area (Å²) in [6, 6.07) is 0.992. The van der Waals surface area contributed by atoms with Crippen LogP contribution in [-0.2, 0) is 6.98 Å². The molecule has 0 aromatic carbocycles. The Hall–Kier alpha value is -0.860. The van der Waals surface area contributed by atoms with E-state index in [0.29, 0.717) is 4.68 Å². The lowest BCUT2D eigenvalue weighted by Gasteiger charge is -1.78. The van der Waals surface area contributed by atoms with Crippen molar-refractivity contribution >= 4 is 0 Å². The van der Waals surface area contributed by atoms with Crippen LogP contribution in [0.5, 0.6) is 0 Å². The van der Waals surface area contributed by atoms with Crippen LogP contribution in [-0.4, -0.2) is 9.78 Å². The van der Waals surface area contributed by atoms with Crippen molar-refractivity contribution in [2.24, 2.45) is 6.98 Å². The normalized spacial score (nSPS) is 17.6. The summed E-state index contributed by atoms with van der Waals surface area (Å²) in [6.07, 6.45) is 1.07. The molecule has 1 aromatic rings. The first-order valence-electron chi connectivity index (χ1n) is 3.22. The minimum Gasteiger partial charge on any atom is -0.273 e. The van der Waals surface area contributed by atoms with Gasteiger partial charge in [0, 0.05) is 23.4 Å². The van der Waals surface area contributed by atoms with Gasteiger partial charge < -0.3 is 0 Å². The van der Waals surface area contributed by atoms with E-state index in [2.05, 4.69) is 5.10 Å². The van der Waals surface area contributed by atoms with Crippen LogP contribution in [0.1, 0.15) is 4.11 Å². The van der Waals surface area contributed by atoms with E-state index in [1.54, 1.807) is 0 Å². The third-order valence-corrected chi connectivity index (χ3v) is 0.557. The van der Waals surface area contributed by atoms with Gasteiger partial charge in [-0.05, 0) is 0 Å². The van der Waals surface area contributed by atoms with Crippen LogP contribution in [0.4, 0.5) is 4.39 Å². The van der Waals surface area contributed by atoms with E-state index < -0.39 is 12.9 Å². The highest BCUT2D eigenvalue weighted by atomic mass is 19.1. The molecule has 7 heavy (non-hydrogen) atoms. The van der Waals surface area contributed by atoms with Crippen molar-refractivity contribution in [1.82, 2.24) is 9.78 Å². The molecule has 2 nitrogen and oxygen atoms in total. The van der Waals surface area contributed by atoms with Gasteiger partial charge in [0.15, 0.2) is 0 Å². The highest BCUT2D eigenvalue weighted by Gasteiger charge is 1.86. The van der Waals surface area contributed by atoms with Gasteiger partial charge in [-0.15, -0.1) is 5.10 Å². The van der Waals surface area contributed by atoms with Crippen LogP contribution in [0.2, 0.25) is 0 Å². The Labute approximate surface area is 44.8 Å². The molecule has 0 spiro atoms. The molecular weight excluding hydrogens is 95.1 g/mol. The average molecular weight is 103 g/mol. The van der Waals surface area contributed by atoms with Crippen molar-refractivity contribution in [2.45, 2.75) is 0 Å². The molecule has 0 bridgehead atoms. The standard InChI is InChI=1S/C4H5FN2/c1-7-3-2-4(5)6-7/h2-3H,1H3/i1D3. The number of hydrogen-bond acceptors (Lipinski definition) is 1. The molecule has 0 unspecified atom stereocenters. The van der Waals surface area contributed by atoms with Gasteiger partial charge in [-0.1, -0.05) is 0 Å². The van der Waals surface area contributed by atoms with Crippen molar-refractivity contribution in [1.29, 1.82) is 0 Å². The molecule has 0 aliphatic carbocycles. The first-order chi connectivity index (χ1) is 4.50. The molecule has 0 saturated heterocycles. The molecule has 0 saturated carbocycles. The number of halogens is 1. The SMILES string of the molecule is [2H]C([2H])([2H])n1ccc(F)n1. The van der Waals surface area contributed by atoms with Crippen molar-refractivity contribution in [2.75, 3.05) is 0 Å². The van der Waals surface area contributed by atoms with E-state index in [1.165, 1.54) is 0 Å². The smallest absolute Gasteiger partial charge is 0.232 e. The zero-order valence-electron chi connectivity index (χ0n) is 6.43. The molecule has 0 N–H and O–H groups in total. The number of hydrogen-bond donors (Lipinski definition) is 0. The number of aromatic nitrogens is 2. The van der Waals surface area contributed by atoms with Gasteiger partial charge in [0.1, 0.15) is 0 Å². The highest BCUT2D eigenvalue weighted by molar-refractivity contribution is 4.80. The fraction of sp³-hybridized carbons (Fsp3) is 0.250. The molecular formula is C4H5FN2. The summed E-state index contributed by atoms with van der Waals surface area (Å²) in [7, 11) is 0. The van der Waals surface area contributed by atoms with E-state index in [-0.39, 0.29) is 0 Å². The number of nitrogens with zero attached hydrogens (tertiary/aromatic N) is 2. The van der Waals surface area contributed by atoms with Crippen molar-refractivity contribution < 1.29 is 8.50 Å². The summed E-state index contributed by atoms with van der Waals surface area (Å²) in [5, 5.41) is 3.07.